The van der Waals surface area contributed by atoms with E-state index >= 15 is 0 Å². The molecule has 1 aliphatic heterocycles. The molecule has 29 heavy (non-hydrogen) atoms. The Kier molecular flexibility index (Phi) is 4.74. The lowest BCUT2D eigenvalue weighted by Gasteiger charge is -2.46. The molecule has 0 spiro atoms. The van der Waals surface area contributed by atoms with Crippen LogP contribution in [0.4, 0.5) is 5.69 Å². The van der Waals surface area contributed by atoms with Gasteiger partial charge in [-0.15, -0.1) is 0 Å². The van der Waals surface area contributed by atoms with Gasteiger partial charge in [-0.2, -0.15) is 0 Å². The molecule has 0 N–H and O–H groups in total. The van der Waals surface area contributed by atoms with E-state index in [1.165, 1.54) is 0 Å². The van der Waals surface area contributed by atoms with E-state index < -0.39 is 5.54 Å². The lowest BCUT2D eigenvalue weighted by Crippen LogP contribution is -2.63. The van der Waals surface area contributed by atoms with Crippen LogP contribution >= 0.6 is 0 Å². The van der Waals surface area contributed by atoms with Gasteiger partial charge in [0, 0.05) is 12.2 Å². The van der Waals surface area contributed by atoms with Crippen LogP contribution in [-0.4, -0.2) is 52.0 Å². The average Bonchev–Trinajstić information content (AvgIpc) is 3.10. The largest absolute Gasteiger partial charge is 0.497 e. The van der Waals surface area contributed by atoms with E-state index in [0.717, 1.165) is 22.5 Å². The van der Waals surface area contributed by atoms with Crippen LogP contribution in [0.15, 0.2) is 54.9 Å². The van der Waals surface area contributed by atoms with Gasteiger partial charge in [-0.1, -0.05) is 12.1 Å². The summed E-state index contributed by atoms with van der Waals surface area (Å²) >= 11 is 0. The molecule has 0 atom stereocenters. The van der Waals surface area contributed by atoms with Gasteiger partial charge in [-0.25, -0.2) is 4.98 Å². The molecule has 7 nitrogen and oxygen atoms in total. The van der Waals surface area contributed by atoms with Crippen molar-refractivity contribution < 1.29 is 14.3 Å². The molecule has 2 amide bonds. The lowest BCUT2D eigenvalue weighted by molar-refractivity contribution is -0.139. The molecule has 1 saturated heterocycles. The molecule has 0 saturated carbocycles. The SMILES string of the molecule is COc1ccc(N2C(=O)CN(C(=O)Cn3cnc4ccccc43)CC2(C)C)cc1. The second-order valence-electron chi connectivity index (χ2n) is 7.85. The number of rotatable bonds is 4. The zero-order valence-electron chi connectivity index (χ0n) is 16.8. The third-order valence-electron chi connectivity index (χ3n) is 5.27. The minimum Gasteiger partial charge on any atom is -0.497 e. The first kappa shape index (κ1) is 19.0. The third-order valence-corrected chi connectivity index (χ3v) is 5.27. The Hall–Kier alpha value is -3.35. The first-order chi connectivity index (χ1) is 13.9. The zero-order valence-corrected chi connectivity index (χ0v) is 16.8. The van der Waals surface area contributed by atoms with E-state index in [1.54, 1.807) is 23.2 Å². The van der Waals surface area contributed by atoms with Crippen molar-refractivity contribution in [3.8, 4) is 5.75 Å². The zero-order chi connectivity index (χ0) is 20.6. The van der Waals surface area contributed by atoms with Crippen LogP contribution in [0.25, 0.3) is 11.0 Å². The van der Waals surface area contributed by atoms with Crippen LogP contribution in [0.5, 0.6) is 5.75 Å². The number of amides is 2. The molecule has 2 heterocycles. The first-order valence-corrected chi connectivity index (χ1v) is 9.54. The minimum atomic E-state index is -0.531. The number of imidazole rings is 1. The first-order valence-electron chi connectivity index (χ1n) is 9.54. The summed E-state index contributed by atoms with van der Waals surface area (Å²) in [6.45, 7) is 4.62. The second-order valence-corrected chi connectivity index (χ2v) is 7.85. The Labute approximate surface area is 169 Å². The highest BCUT2D eigenvalue weighted by Crippen LogP contribution is 2.30. The Bertz CT molecular complexity index is 1060. The van der Waals surface area contributed by atoms with Crippen LogP contribution in [0.2, 0.25) is 0 Å². The summed E-state index contributed by atoms with van der Waals surface area (Å²) in [5.41, 5.74) is 2.02. The third kappa shape index (κ3) is 3.55. The van der Waals surface area contributed by atoms with Crippen molar-refractivity contribution >= 4 is 28.5 Å². The molecule has 0 aliphatic carbocycles. The molecule has 1 aromatic heterocycles. The van der Waals surface area contributed by atoms with Crippen molar-refractivity contribution in [1.82, 2.24) is 14.5 Å². The number of anilines is 1. The molecular weight excluding hydrogens is 368 g/mol. The molecule has 1 fully saturated rings. The van der Waals surface area contributed by atoms with Gasteiger partial charge >= 0.3 is 0 Å². The van der Waals surface area contributed by atoms with Crippen molar-refractivity contribution in [3.63, 3.8) is 0 Å². The molecule has 3 aromatic rings. The molecule has 0 radical (unpaired) electrons. The summed E-state index contributed by atoms with van der Waals surface area (Å²) in [5, 5.41) is 0. The van der Waals surface area contributed by atoms with E-state index in [-0.39, 0.29) is 24.9 Å². The Morgan fingerprint density at radius 3 is 2.55 bits per heavy atom. The number of aromatic nitrogens is 2. The van der Waals surface area contributed by atoms with Gasteiger partial charge in [0.05, 0.1) is 30.0 Å². The van der Waals surface area contributed by atoms with Gasteiger partial charge in [0.15, 0.2) is 0 Å². The quantitative estimate of drug-likeness (QED) is 0.685. The summed E-state index contributed by atoms with van der Waals surface area (Å²) in [7, 11) is 1.61. The fraction of sp³-hybridized carbons (Fsp3) is 0.318. The molecule has 7 heteroatoms. The van der Waals surface area contributed by atoms with Gasteiger partial charge in [0.1, 0.15) is 18.8 Å². The van der Waals surface area contributed by atoms with Crippen molar-refractivity contribution in [3.05, 3.63) is 54.9 Å². The molecule has 0 unspecified atom stereocenters. The van der Waals surface area contributed by atoms with Crippen molar-refractivity contribution in [2.24, 2.45) is 0 Å². The lowest BCUT2D eigenvalue weighted by atomic mass is 9.97. The molecule has 0 bridgehead atoms. The topological polar surface area (TPSA) is 67.7 Å². The van der Waals surface area contributed by atoms with Crippen LogP contribution in [0.3, 0.4) is 0 Å². The number of nitrogens with zero attached hydrogens (tertiary/aromatic N) is 4. The van der Waals surface area contributed by atoms with Crippen LogP contribution in [0, 0.1) is 0 Å². The van der Waals surface area contributed by atoms with Crippen LogP contribution in [-0.2, 0) is 16.1 Å². The van der Waals surface area contributed by atoms with E-state index in [1.807, 2.05) is 66.9 Å². The van der Waals surface area contributed by atoms with Crippen molar-refractivity contribution in [1.29, 1.82) is 0 Å². The highest BCUT2D eigenvalue weighted by Gasteiger charge is 2.41. The number of para-hydroxylation sites is 2. The van der Waals surface area contributed by atoms with Gasteiger partial charge in [-0.3, -0.25) is 9.59 Å². The van der Waals surface area contributed by atoms with E-state index in [2.05, 4.69) is 4.98 Å². The minimum absolute atomic E-state index is 0.0565. The number of carbonyl (C=O) groups is 2. The van der Waals surface area contributed by atoms with Crippen LogP contribution < -0.4 is 9.64 Å². The molecule has 4 rings (SSSR count). The number of piperazine rings is 1. The highest BCUT2D eigenvalue weighted by atomic mass is 16.5. The number of methoxy groups -OCH3 is 1. The monoisotopic (exact) mass is 392 g/mol. The normalized spacial score (nSPS) is 16.3. The summed E-state index contributed by atoms with van der Waals surface area (Å²) in [6, 6.07) is 15.1. The number of hydrogen-bond acceptors (Lipinski definition) is 4. The number of carbonyl (C=O) groups excluding carboxylic acids is 2. The van der Waals surface area contributed by atoms with Gasteiger partial charge in [-0.05, 0) is 50.2 Å². The second kappa shape index (κ2) is 7.24. The fourth-order valence-corrected chi connectivity index (χ4v) is 3.95. The molecule has 1 aliphatic rings. The number of ether oxygens (including phenoxy) is 1. The maximum absolute atomic E-state index is 13.0. The van der Waals surface area contributed by atoms with Gasteiger partial charge < -0.3 is 19.1 Å². The van der Waals surface area contributed by atoms with Crippen molar-refractivity contribution in [2.45, 2.75) is 25.9 Å². The number of benzene rings is 2. The van der Waals surface area contributed by atoms with E-state index in [4.69, 9.17) is 4.74 Å². The molecular formula is C22H24N4O3. The highest BCUT2D eigenvalue weighted by molar-refractivity contribution is 5.99. The molecule has 150 valence electrons. The number of hydrogen-bond donors (Lipinski definition) is 0. The Morgan fingerprint density at radius 1 is 1.14 bits per heavy atom. The Balaban J connectivity index is 1.52. The van der Waals surface area contributed by atoms with Gasteiger partial charge in [0.2, 0.25) is 11.8 Å². The summed E-state index contributed by atoms with van der Waals surface area (Å²) in [5.74, 6) is 0.541. The predicted octanol–water partition coefficient (Wildman–Crippen LogP) is 2.70. The predicted molar refractivity (Wildman–Crippen MR) is 111 cm³/mol. The van der Waals surface area contributed by atoms with Gasteiger partial charge in [0.25, 0.3) is 0 Å². The standard InChI is InChI=1S/C22H24N4O3/c1-22(2)14-24(13-21(28)26(22)16-8-10-17(29-3)11-9-16)20(27)12-25-15-23-18-6-4-5-7-19(18)25/h4-11,15H,12-14H2,1-3H3. The summed E-state index contributed by atoms with van der Waals surface area (Å²) < 4.78 is 7.02. The number of fused-ring (bicyclic) bond motifs is 1. The summed E-state index contributed by atoms with van der Waals surface area (Å²) in [6.07, 6.45) is 1.67. The van der Waals surface area contributed by atoms with Crippen LogP contribution in [0.1, 0.15) is 13.8 Å². The van der Waals surface area contributed by atoms with Crippen molar-refractivity contribution in [2.75, 3.05) is 25.1 Å². The van der Waals surface area contributed by atoms with E-state index in [9.17, 15) is 9.59 Å². The van der Waals surface area contributed by atoms with E-state index in [0.29, 0.717) is 6.54 Å². The summed E-state index contributed by atoms with van der Waals surface area (Å²) in [4.78, 5) is 33.7. The molecule has 2 aromatic carbocycles. The smallest absolute Gasteiger partial charge is 0.247 e. The fourth-order valence-electron chi connectivity index (χ4n) is 3.95. The Morgan fingerprint density at radius 2 is 1.86 bits per heavy atom. The maximum atomic E-state index is 13.0. The average molecular weight is 392 g/mol. The maximum Gasteiger partial charge on any atom is 0.247 e.